The molecule has 1 aromatic carbocycles. The first-order valence-electron chi connectivity index (χ1n) is 6.57. The fourth-order valence-electron chi connectivity index (χ4n) is 2.69. The van der Waals surface area contributed by atoms with Crippen LogP contribution < -0.4 is 10.5 Å². The maximum atomic E-state index is 6.14. The number of benzene rings is 1. The lowest BCUT2D eigenvalue weighted by Gasteiger charge is -2.22. The van der Waals surface area contributed by atoms with Crippen LogP contribution >= 0.6 is 0 Å². The third-order valence-corrected chi connectivity index (χ3v) is 4.00. The third-order valence-electron chi connectivity index (χ3n) is 4.00. The number of ether oxygens (including phenoxy) is 1. The molecule has 2 rings (SSSR count). The molecular formula is C15H24N2O. The Morgan fingerprint density at radius 3 is 2.50 bits per heavy atom. The lowest BCUT2D eigenvalue weighted by Crippen LogP contribution is -2.31. The molecule has 0 bridgehead atoms. The average Bonchev–Trinajstić information content (AvgIpc) is 3.09. The first-order valence-corrected chi connectivity index (χ1v) is 6.57. The molecule has 18 heavy (non-hydrogen) atoms. The van der Waals surface area contributed by atoms with Crippen LogP contribution in [0.15, 0.2) is 18.2 Å². The molecule has 2 N–H and O–H groups in total. The summed E-state index contributed by atoms with van der Waals surface area (Å²) in [4.78, 5) is 2.16. The minimum Gasteiger partial charge on any atom is -0.496 e. The van der Waals surface area contributed by atoms with Crippen molar-refractivity contribution in [2.75, 3.05) is 21.2 Å². The SMILES string of the molecule is COc1ccc(C2(C(C)N)CC2)cc1CN(C)C. The molecule has 0 aromatic heterocycles. The summed E-state index contributed by atoms with van der Waals surface area (Å²) in [6.45, 7) is 3.01. The van der Waals surface area contributed by atoms with Crippen molar-refractivity contribution in [3.05, 3.63) is 29.3 Å². The Hall–Kier alpha value is -1.06. The number of methoxy groups -OCH3 is 1. The first-order chi connectivity index (χ1) is 8.49. The summed E-state index contributed by atoms with van der Waals surface area (Å²) >= 11 is 0. The fraction of sp³-hybridized carbons (Fsp3) is 0.600. The van der Waals surface area contributed by atoms with E-state index in [0.717, 1.165) is 12.3 Å². The van der Waals surface area contributed by atoms with Crippen LogP contribution in [0.2, 0.25) is 0 Å². The highest BCUT2D eigenvalue weighted by Gasteiger charge is 2.47. The Kier molecular flexibility index (Phi) is 3.64. The standard InChI is InChI=1S/C15H24N2O/c1-11(16)15(7-8-15)13-5-6-14(18-4)12(9-13)10-17(2)3/h5-6,9,11H,7-8,10,16H2,1-4H3. The van der Waals surface area contributed by atoms with E-state index in [-0.39, 0.29) is 11.5 Å². The van der Waals surface area contributed by atoms with E-state index in [4.69, 9.17) is 10.5 Å². The van der Waals surface area contributed by atoms with E-state index in [1.165, 1.54) is 24.0 Å². The van der Waals surface area contributed by atoms with Gasteiger partial charge in [-0.3, -0.25) is 0 Å². The van der Waals surface area contributed by atoms with Crippen LogP contribution in [-0.2, 0) is 12.0 Å². The van der Waals surface area contributed by atoms with Gasteiger partial charge in [0, 0.05) is 23.6 Å². The quantitative estimate of drug-likeness (QED) is 0.867. The average molecular weight is 248 g/mol. The Labute approximate surface area is 110 Å². The van der Waals surface area contributed by atoms with Crippen LogP contribution in [0.4, 0.5) is 0 Å². The van der Waals surface area contributed by atoms with Crippen molar-refractivity contribution in [2.45, 2.75) is 37.8 Å². The molecule has 100 valence electrons. The van der Waals surface area contributed by atoms with Gasteiger partial charge in [-0.15, -0.1) is 0 Å². The van der Waals surface area contributed by atoms with Gasteiger partial charge >= 0.3 is 0 Å². The molecule has 1 aliphatic rings. The van der Waals surface area contributed by atoms with Crippen LogP contribution in [0, 0.1) is 0 Å². The zero-order valence-corrected chi connectivity index (χ0v) is 11.9. The smallest absolute Gasteiger partial charge is 0.123 e. The Morgan fingerprint density at radius 1 is 1.39 bits per heavy atom. The van der Waals surface area contributed by atoms with Gasteiger partial charge in [0.1, 0.15) is 5.75 Å². The minimum atomic E-state index is 0.216. The van der Waals surface area contributed by atoms with Crippen molar-refractivity contribution >= 4 is 0 Å². The van der Waals surface area contributed by atoms with Gasteiger partial charge in [-0.05, 0) is 45.5 Å². The van der Waals surface area contributed by atoms with Crippen molar-refractivity contribution in [3.63, 3.8) is 0 Å². The maximum absolute atomic E-state index is 6.14. The molecule has 0 radical (unpaired) electrons. The van der Waals surface area contributed by atoms with Crippen molar-refractivity contribution in [2.24, 2.45) is 5.73 Å². The van der Waals surface area contributed by atoms with Crippen LogP contribution in [0.25, 0.3) is 0 Å². The summed E-state index contributed by atoms with van der Waals surface area (Å²) in [7, 11) is 5.88. The molecule has 0 amide bonds. The molecule has 3 heteroatoms. The number of nitrogens with two attached hydrogens (primary N) is 1. The second kappa shape index (κ2) is 4.90. The highest BCUT2D eigenvalue weighted by molar-refractivity contribution is 5.43. The van der Waals surface area contributed by atoms with E-state index in [1.807, 2.05) is 0 Å². The van der Waals surface area contributed by atoms with Gasteiger partial charge in [0.25, 0.3) is 0 Å². The summed E-state index contributed by atoms with van der Waals surface area (Å²) in [5.74, 6) is 0.966. The molecule has 1 saturated carbocycles. The first kappa shape index (κ1) is 13.4. The number of hydrogen-bond donors (Lipinski definition) is 1. The third kappa shape index (κ3) is 2.38. The largest absolute Gasteiger partial charge is 0.496 e. The summed E-state index contributed by atoms with van der Waals surface area (Å²) in [5.41, 5.74) is 8.97. The Balaban J connectivity index is 2.34. The van der Waals surface area contributed by atoms with Crippen LogP contribution in [0.3, 0.4) is 0 Å². The predicted octanol–water partition coefficient (Wildman–Crippen LogP) is 2.14. The second-order valence-corrected chi connectivity index (χ2v) is 5.71. The molecule has 3 nitrogen and oxygen atoms in total. The molecule has 0 aliphatic heterocycles. The Bertz CT molecular complexity index is 423. The number of hydrogen-bond acceptors (Lipinski definition) is 3. The monoisotopic (exact) mass is 248 g/mol. The lowest BCUT2D eigenvalue weighted by molar-refractivity contribution is 0.371. The van der Waals surface area contributed by atoms with Gasteiger partial charge in [-0.2, -0.15) is 0 Å². The summed E-state index contributed by atoms with van der Waals surface area (Å²) in [6.07, 6.45) is 2.41. The molecule has 1 fully saturated rings. The van der Waals surface area contributed by atoms with E-state index in [9.17, 15) is 0 Å². The van der Waals surface area contributed by atoms with Gasteiger partial charge in [-0.25, -0.2) is 0 Å². The molecule has 1 aliphatic carbocycles. The number of nitrogens with zero attached hydrogens (tertiary/aromatic N) is 1. The van der Waals surface area contributed by atoms with Crippen molar-refractivity contribution in [1.82, 2.24) is 4.90 Å². The highest BCUT2D eigenvalue weighted by atomic mass is 16.5. The molecule has 1 aromatic rings. The van der Waals surface area contributed by atoms with Gasteiger partial charge in [-0.1, -0.05) is 12.1 Å². The van der Waals surface area contributed by atoms with Crippen LogP contribution in [-0.4, -0.2) is 32.1 Å². The van der Waals surface area contributed by atoms with Gasteiger partial charge in [0.05, 0.1) is 7.11 Å². The summed E-state index contributed by atoms with van der Waals surface area (Å²) < 4.78 is 5.44. The molecule has 0 heterocycles. The van der Waals surface area contributed by atoms with Crippen molar-refractivity contribution < 1.29 is 4.74 Å². The van der Waals surface area contributed by atoms with Gasteiger partial charge < -0.3 is 15.4 Å². The molecule has 1 atom stereocenters. The van der Waals surface area contributed by atoms with E-state index >= 15 is 0 Å². The molecule has 0 saturated heterocycles. The van der Waals surface area contributed by atoms with E-state index in [1.54, 1.807) is 7.11 Å². The van der Waals surface area contributed by atoms with Crippen LogP contribution in [0.1, 0.15) is 30.9 Å². The zero-order chi connectivity index (χ0) is 13.3. The van der Waals surface area contributed by atoms with Gasteiger partial charge in [0.2, 0.25) is 0 Å². The number of rotatable bonds is 5. The van der Waals surface area contributed by atoms with E-state index in [0.29, 0.717) is 0 Å². The molecular weight excluding hydrogens is 224 g/mol. The lowest BCUT2D eigenvalue weighted by atomic mass is 9.88. The zero-order valence-electron chi connectivity index (χ0n) is 11.9. The Morgan fingerprint density at radius 2 is 2.06 bits per heavy atom. The molecule has 0 spiro atoms. The normalized spacial score (nSPS) is 18.8. The topological polar surface area (TPSA) is 38.5 Å². The van der Waals surface area contributed by atoms with Crippen molar-refractivity contribution in [1.29, 1.82) is 0 Å². The summed E-state index contributed by atoms with van der Waals surface area (Å²) in [6, 6.07) is 6.75. The second-order valence-electron chi connectivity index (χ2n) is 5.71. The minimum absolute atomic E-state index is 0.216. The molecule has 1 unspecified atom stereocenters. The van der Waals surface area contributed by atoms with E-state index < -0.39 is 0 Å². The highest BCUT2D eigenvalue weighted by Crippen LogP contribution is 2.50. The van der Waals surface area contributed by atoms with E-state index in [2.05, 4.69) is 44.1 Å². The predicted molar refractivity (Wildman–Crippen MR) is 74.9 cm³/mol. The van der Waals surface area contributed by atoms with Gasteiger partial charge in [0.15, 0.2) is 0 Å². The summed E-state index contributed by atoms with van der Waals surface area (Å²) in [5, 5.41) is 0. The fourth-order valence-corrected chi connectivity index (χ4v) is 2.69. The van der Waals surface area contributed by atoms with Crippen LogP contribution in [0.5, 0.6) is 5.75 Å². The maximum Gasteiger partial charge on any atom is 0.123 e. The van der Waals surface area contributed by atoms with Crippen molar-refractivity contribution in [3.8, 4) is 5.75 Å².